The minimum atomic E-state index is -0.264. The molecule has 0 spiro atoms. The van der Waals surface area contributed by atoms with Crippen LogP contribution in [0.4, 0.5) is 5.69 Å². The maximum absolute atomic E-state index is 11.8. The molecule has 0 aliphatic carbocycles. The monoisotopic (exact) mass is 261 g/mol. The van der Waals surface area contributed by atoms with E-state index >= 15 is 0 Å². The van der Waals surface area contributed by atoms with E-state index in [0.29, 0.717) is 5.56 Å². The van der Waals surface area contributed by atoms with Crippen LogP contribution in [0.15, 0.2) is 34.4 Å². The minimum absolute atomic E-state index is 0.264. The maximum atomic E-state index is 11.8. The number of nitrogens with one attached hydrogen (secondary N) is 1. The van der Waals surface area contributed by atoms with Crippen molar-refractivity contribution in [3.8, 4) is 0 Å². The Hall–Kier alpha value is -2.37. The number of hydrogen-bond acceptors (Lipinski definition) is 3. The van der Waals surface area contributed by atoms with Crippen LogP contribution in [-0.4, -0.2) is 56.6 Å². The molecule has 19 heavy (non-hydrogen) atoms. The molecule has 0 aliphatic rings. The van der Waals surface area contributed by atoms with Gasteiger partial charge >= 0.3 is 0 Å². The first-order valence-corrected chi connectivity index (χ1v) is 5.79. The predicted molar refractivity (Wildman–Crippen MR) is 77.9 cm³/mol. The number of carbonyl (C=O) groups excluding carboxylic acids is 1. The van der Waals surface area contributed by atoms with Gasteiger partial charge in [0.25, 0.3) is 5.91 Å². The van der Waals surface area contributed by atoms with Crippen molar-refractivity contribution >= 4 is 24.3 Å². The summed E-state index contributed by atoms with van der Waals surface area (Å²) in [7, 11) is 7.42. The number of hydrogen-bond donors (Lipinski definition) is 1. The number of amides is 1. The van der Waals surface area contributed by atoms with Crippen molar-refractivity contribution < 1.29 is 4.79 Å². The molecule has 0 bridgehead atoms. The standard InChI is InChI=1S/C13H19N5O/c1-17(2)9-14-12-7-5-6-11(8-12)13(19)16-15-10-18(3)4/h5-10H,1-4H3,(H,16,19)/b14-9?,15-10-. The van der Waals surface area contributed by atoms with Crippen LogP contribution in [0.3, 0.4) is 0 Å². The number of nitrogens with zero attached hydrogens (tertiary/aromatic N) is 4. The van der Waals surface area contributed by atoms with Crippen LogP contribution in [0.25, 0.3) is 0 Å². The van der Waals surface area contributed by atoms with Crippen molar-refractivity contribution in [2.24, 2.45) is 10.1 Å². The second-order valence-corrected chi connectivity index (χ2v) is 4.41. The fourth-order valence-corrected chi connectivity index (χ4v) is 1.18. The van der Waals surface area contributed by atoms with E-state index in [2.05, 4.69) is 15.5 Å². The van der Waals surface area contributed by atoms with Gasteiger partial charge in [-0.15, -0.1) is 0 Å². The largest absolute Gasteiger partial charge is 0.369 e. The highest BCUT2D eigenvalue weighted by molar-refractivity contribution is 5.95. The number of rotatable bonds is 5. The van der Waals surface area contributed by atoms with Crippen LogP contribution in [0.5, 0.6) is 0 Å². The molecule has 0 atom stereocenters. The van der Waals surface area contributed by atoms with E-state index in [9.17, 15) is 4.79 Å². The van der Waals surface area contributed by atoms with E-state index in [1.807, 2.05) is 39.2 Å². The molecule has 1 N–H and O–H groups in total. The Morgan fingerprint density at radius 3 is 2.47 bits per heavy atom. The van der Waals surface area contributed by atoms with Crippen LogP contribution < -0.4 is 5.43 Å². The van der Waals surface area contributed by atoms with Gasteiger partial charge in [-0.1, -0.05) is 6.07 Å². The van der Waals surface area contributed by atoms with Crippen molar-refractivity contribution in [1.29, 1.82) is 0 Å². The summed E-state index contributed by atoms with van der Waals surface area (Å²) in [5.74, 6) is -0.264. The van der Waals surface area contributed by atoms with Gasteiger partial charge in [0.1, 0.15) is 6.34 Å². The van der Waals surface area contributed by atoms with Crippen LogP contribution >= 0.6 is 0 Å². The zero-order chi connectivity index (χ0) is 14.3. The summed E-state index contributed by atoms with van der Waals surface area (Å²) in [6, 6.07) is 7.04. The molecule has 1 aromatic carbocycles. The van der Waals surface area contributed by atoms with E-state index in [-0.39, 0.29) is 5.91 Å². The Balaban J connectivity index is 2.73. The molecule has 0 heterocycles. The van der Waals surface area contributed by atoms with E-state index in [4.69, 9.17) is 0 Å². The number of benzene rings is 1. The molecule has 0 unspecified atom stereocenters. The van der Waals surface area contributed by atoms with Gasteiger partial charge in [0.05, 0.1) is 12.0 Å². The summed E-state index contributed by atoms with van der Waals surface area (Å²) in [6.45, 7) is 0. The quantitative estimate of drug-likeness (QED) is 0.491. The van der Waals surface area contributed by atoms with Gasteiger partial charge < -0.3 is 9.80 Å². The third kappa shape index (κ3) is 5.67. The first-order chi connectivity index (χ1) is 8.99. The van der Waals surface area contributed by atoms with E-state index in [1.54, 1.807) is 29.4 Å². The van der Waals surface area contributed by atoms with Gasteiger partial charge in [-0.05, 0) is 18.2 Å². The lowest BCUT2D eigenvalue weighted by molar-refractivity contribution is 0.0954. The Morgan fingerprint density at radius 2 is 1.84 bits per heavy atom. The van der Waals surface area contributed by atoms with E-state index in [0.717, 1.165) is 5.69 Å². The normalized spacial score (nSPS) is 10.9. The molecule has 1 rings (SSSR count). The first-order valence-electron chi connectivity index (χ1n) is 5.79. The van der Waals surface area contributed by atoms with Crippen LogP contribution in [0.1, 0.15) is 10.4 Å². The summed E-state index contributed by atoms with van der Waals surface area (Å²) in [4.78, 5) is 19.6. The van der Waals surface area contributed by atoms with Crippen LogP contribution in [0, 0.1) is 0 Å². The summed E-state index contributed by atoms with van der Waals surface area (Å²) in [5.41, 5.74) is 3.69. The fraction of sp³-hybridized carbons (Fsp3) is 0.308. The Labute approximate surface area is 113 Å². The molecule has 6 heteroatoms. The molecular weight excluding hydrogens is 242 g/mol. The highest BCUT2D eigenvalue weighted by Crippen LogP contribution is 2.13. The molecule has 102 valence electrons. The van der Waals surface area contributed by atoms with Gasteiger partial charge in [0, 0.05) is 33.8 Å². The number of hydrazone groups is 1. The molecule has 0 aromatic heterocycles. The van der Waals surface area contributed by atoms with E-state index < -0.39 is 0 Å². The molecular formula is C13H19N5O. The highest BCUT2D eigenvalue weighted by atomic mass is 16.2. The average molecular weight is 261 g/mol. The number of aliphatic imine (C=N–C) groups is 1. The topological polar surface area (TPSA) is 60.3 Å². The lowest BCUT2D eigenvalue weighted by Gasteiger charge is -2.05. The molecule has 0 fully saturated rings. The SMILES string of the molecule is CN(C)C=Nc1cccc(C(=O)N/N=C\N(C)C)c1. The first kappa shape index (κ1) is 14.7. The molecule has 6 nitrogen and oxygen atoms in total. The van der Waals surface area contributed by atoms with Gasteiger partial charge in [0.15, 0.2) is 0 Å². The Morgan fingerprint density at radius 1 is 1.16 bits per heavy atom. The van der Waals surface area contributed by atoms with Gasteiger partial charge in [-0.25, -0.2) is 10.4 Å². The second kappa shape index (κ2) is 7.15. The lowest BCUT2D eigenvalue weighted by Crippen LogP contribution is -2.20. The summed E-state index contributed by atoms with van der Waals surface area (Å²) < 4.78 is 0. The molecule has 1 aromatic rings. The predicted octanol–water partition coefficient (Wildman–Crippen LogP) is 1.14. The minimum Gasteiger partial charge on any atom is -0.369 e. The Bertz CT molecular complexity index is 480. The zero-order valence-corrected chi connectivity index (χ0v) is 11.7. The van der Waals surface area contributed by atoms with Crippen LogP contribution in [0.2, 0.25) is 0 Å². The molecule has 1 amide bonds. The molecule has 0 saturated carbocycles. The average Bonchev–Trinajstić information content (AvgIpc) is 2.36. The third-order valence-corrected chi connectivity index (χ3v) is 2.00. The van der Waals surface area contributed by atoms with E-state index in [1.165, 1.54) is 6.34 Å². The van der Waals surface area contributed by atoms with Crippen LogP contribution in [-0.2, 0) is 0 Å². The number of carbonyl (C=O) groups is 1. The molecule has 0 radical (unpaired) electrons. The van der Waals surface area contributed by atoms with Crippen molar-refractivity contribution in [1.82, 2.24) is 15.2 Å². The summed E-state index contributed by atoms with van der Waals surface area (Å²) in [6.07, 6.45) is 3.20. The van der Waals surface area contributed by atoms with Gasteiger partial charge in [-0.2, -0.15) is 5.10 Å². The molecule has 0 saturated heterocycles. The molecule has 0 aliphatic heterocycles. The van der Waals surface area contributed by atoms with Crippen molar-refractivity contribution in [2.45, 2.75) is 0 Å². The van der Waals surface area contributed by atoms with Gasteiger partial charge in [0.2, 0.25) is 0 Å². The Kier molecular flexibility index (Phi) is 5.53. The second-order valence-electron chi connectivity index (χ2n) is 4.41. The van der Waals surface area contributed by atoms with Crippen molar-refractivity contribution in [3.05, 3.63) is 29.8 Å². The summed E-state index contributed by atoms with van der Waals surface area (Å²) in [5, 5.41) is 3.81. The summed E-state index contributed by atoms with van der Waals surface area (Å²) >= 11 is 0. The van der Waals surface area contributed by atoms with Crippen molar-refractivity contribution in [3.63, 3.8) is 0 Å². The third-order valence-electron chi connectivity index (χ3n) is 2.00. The zero-order valence-electron chi connectivity index (χ0n) is 11.7. The van der Waals surface area contributed by atoms with Gasteiger partial charge in [-0.3, -0.25) is 4.79 Å². The fourth-order valence-electron chi connectivity index (χ4n) is 1.18. The lowest BCUT2D eigenvalue weighted by atomic mass is 10.2. The maximum Gasteiger partial charge on any atom is 0.271 e. The highest BCUT2D eigenvalue weighted by Gasteiger charge is 2.04. The van der Waals surface area contributed by atoms with Crippen molar-refractivity contribution in [2.75, 3.05) is 28.2 Å². The smallest absolute Gasteiger partial charge is 0.271 e.